The lowest BCUT2D eigenvalue weighted by molar-refractivity contribution is -0.136. The average Bonchev–Trinajstić information content (AvgIpc) is 2.82. The summed E-state index contributed by atoms with van der Waals surface area (Å²) < 4.78 is 0. The zero-order valence-corrected chi connectivity index (χ0v) is 21.9. The molecular formula is C28H50N4O2. The molecule has 0 bridgehead atoms. The van der Waals surface area contributed by atoms with Crippen molar-refractivity contribution in [3.8, 4) is 0 Å². The normalized spacial score (nSPS) is 32.0. The predicted octanol–water partition coefficient (Wildman–Crippen LogP) is 3.66. The molecule has 4 rings (SSSR count). The number of hydrogen-bond donors (Lipinski definition) is 2. The van der Waals surface area contributed by atoms with Crippen LogP contribution in [0.4, 0.5) is 0 Å². The van der Waals surface area contributed by atoms with Crippen LogP contribution in [0.3, 0.4) is 0 Å². The van der Waals surface area contributed by atoms with E-state index in [0.29, 0.717) is 47.4 Å². The smallest absolute Gasteiger partial charge is 0.222 e. The van der Waals surface area contributed by atoms with E-state index in [4.69, 9.17) is 0 Å². The molecule has 4 aliphatic rings. The highest BCUT2D eigenvalue weighted by atomic mass is 16.2. The van der Waals surface area contributed by atoms with Crippen LogP contribution in [0.5, 0.6) is 0 Å². The van der Waals surface area contributed by atoms with Crippen molar-refractivity contribution in [3.05, 3.63) is 0 Å². The first kappa shape index (κ1) is 25.9. The number of carbonyl (C=O) groups is 2. The van der Waals surface area contributed by atoms with E-state index in [1.807, 2.05) is 0 Å². The van der Waals surface area contributed by atoms with Crippen LogP contribution in [-0.4, -0.2) is 73.5 Å². The molecule has 0 aromatic heterocycles. The zero-order chi connectivity index (χ0) is 23.9. The topological polar surface area (TPSA) is 64.7 Å². The fourth-order valence-corrected chi connectivity index (χ4v) is 6.99. The van der Waals surface area contributed by atoms with Gasteiger partial charge in [-0.05, 0) is 107 Å². The van der Waals surface area contributed by atoms with Crippen LogP contribution in [0.2, 0.25) is 0 Å². The predicted molar refractivity (Wildman–Crippen MR) is 137 cm³/mol. The van der Waals surface area contributed by atoms with E-state index in [9.17, 15) is 9.59 Å². The summed E-state index contributed by atoms with van der Waals surface area (Å²) >= 11 is 0. The number of rotatable bonds is 9. The molecular weight excluding hydrogens is 424 g/mol. The van der Waals surface area contributed by atoms with Crippen LogP contribution in [-0.2, 0) is 9.59 Å². The Hall–Kier alpha value is -1.14. The molecule has 2 amide bonds. The maximum atomic E-state index is 12.8. The molecule has 0 radical (unpaired) electrons. The van der Waals surface area contributed by atoms with Crippen molar-refractivity contribution in [2.45, 2.75) is 90.5 Å². The molecule has 0 aromatic rings. The van der Waals surface area contributed by atoms with Gasteiger partial charge in [-0.15, -0.1) is 0 Å². The van der Waals surface area contributed by atoms with Gasteiger partial charge in [0.2, 0.25) is 11.8 Å². The van der Waals surface area contributed by atoms with E-state index in [-0.39, 0.29) is 0 Å². The van der Waals surface area contributed by atoms with Crippen molar-refractivity contribution >= 4 is 11.8 Å². The summed E-state index contributed by atoms with van der Waals surface area (Å²) in [5, 5.41) is 7.16. The fourth-order valence-electron chi connectivity index (χ4n) is 6.99. The Bertz CT molecular complexity index is 663. The standard InChI is InChI=1S/C28H50N4O2/c1-21(2)15-24-9-14-32(28(34)18-24)20-25-7-12-30-26(16-25)4-3-22-8-13-31(27(33)17-22)19-23-5-10-29-11-6-23/h21-26,29-30H,3-20H2,1-2H3/t22-,24-,25?,26?/m0/s1. The third kappa shape index (κ3) is 7.68. The quantitative estimate of drug-likeness (QED) is 0.535. The molecule has 2 N–H and O–H groups in total. The first-order valence-corrected chi connectivity index (χ1v) is 14.5. The second-order valence-electron chi connectivity index (χ2n) is 12.3. The van der Waals surface area contributed by atoms with Crippen molar-refractivity contribution in [1.29, 1.82) is 0 Å². The molecule has 194 valence electrons. The van der Waals surface area contributed by atoms with Crippen LogP contribution in [0, 0.1) is 29.6 Å². The van der Waals surface area contributed by atoms with Crippen LogP contribution >= 0.6 is 0 Å². The minimum atomic E-state index is 0.391. The number of nitrogens with one attached hydrogen (secondary N) is 2. The third-order valence-electron chi connectivity index (χ3n) is 8.99. The molecule has 2 unspecified atom stereocenters. The molecule has 6 nitrogen and oxygen atoms in total. The van der Waals surface area contributed by atoms with Gasteiger partial charge in [0.1, 0.15) is 0 Å². The minimum Gasteiger partial charge on any atom is -0.342 e. The van der Waals surface area contributed by atoms with Crippen molar-refractivity contribution in [3.63, 3.8) is 0 Å². The summed E-state index contributed by atoms with van der Waals surface area (Å²) in [5.74, 6) is 3.94. The van der Waals surface area contributed by atoms with Crippen LogP contribution in [0.1, 0.15) is 84.5 Å². The molecule has 0 saturated carbocycles. The van der Waals surface area contributed by atoms with E-state index in [1.54, 1.807) is 0 Å². The first-order valence-electron chi connectivity index (χ1n) is 14.5. The van der Waals surface area contributed by atoms with E-state index in [2.05, 4.69) is 34.3 Å². The molecule has 0 spiro atoms. The average molecular weight is 475 g/mol. The monoisotopic (exact) mass is 474 g/mol. The third-order valence-corrected chi connectivity index (χ3v) is 8.99. The minimum absolute atomic E-state index is 0.391. The molecule has 4 saturated heterocycles. The van der Waals surface area contributed by atoms with Gasteiger partial charge in [-0.1, -0.05) is 13.8 Å². The van der Waals surface area contributed by atoms with Gasteiger partial charge < -0.3 is 20.4 Å². The van der Waals surface area contributed by atoms with E-state index in [0.717, 1.165) is 65.1 Å². The van der Waals surface area contributed by atoms with Crippen molar-refractivity contribution in [1.82, 2.24) is 20.4 Å². The van der Waals surface area contributed by atoms with Crippen molar-refractivity contribution in [2.24, 2.45) is 29.6 Å². The molecule has 34 heavy (non-hydrogen) atoms. The number of carbonyl (C=O) groups excluding carboxylic acids is 2. The Balaban J connectivity index is 1.14. The zero-order valence-electron chi connectivity index (χ0n) is 21.9. The highest BCUT2D eigenvalue weighted by Gasteiger charge is 2.32. The van der Waals surface area contributed by atoms with E-state index in [1.165, 1.54) is 51.4 Å². The highest BCUT2D eigenvalue weighted by molar-refractivity contribution is 5.77. The van der Waals surface area contributed by atoms with E-state index < -0.39 is 0 Å². The highest BCUT2D eigenvalue weighted by Crippen LogP contribution is 2.30. The Morgan fingerprint density at radius 3 is 2.06 bits per heavy atom. The van der Waals surface area contributed by atoms with Crippen LogP contribution < -0.4 is 10.6 Å². The van der Waals surface area contributed by atoms with Gasteiger partial charge in [0.15, 0.2) is 0 Å². The molecule has 0 aromatic carbocycles. The Kier molecular flexibility index (Phi) is 9.70. The Morgan fingerprint density at radius 2 is 1.38 bits per heavy atom. The van der Waals surface area contributed by atoms with Gasteiger partial charge in [-0.2, -0.15) is 0 Å². The van der Waals surface area contributed by atoms with Crippen molar-refractivity contribution in [2.75, 3.05) is 45.8 Å². The first-order chi connectivity index (χ1) is 16.5. The lowest BCUT2D eigenvalue weighted by Crippen LogP contribution is -2.46. The number of hydrogen-bond acceptors (Lipinski definition) is 4. The molecule has 4 aliphatic heterocycles. The summed E-state index contributed by atoms with van der Waals surface area (Å²) in [4.78, 5) is 29.8. The Morgan fingerprint density at radius 1 is 0.765 bits per heavy atom. The van der Waals surface area contributed by atoms with Gasteiger partial charge in [-0.3, -0.25) is 9.59 Å². The largest absolute Gasteiger partial charge is 0.342 e. The van der Waals surface area contributed by atoms with Gasteiger partial charge in [0, 0.05) is 45.1 Å². The number of amides is 2. The van der Waals surface area contributed by atoms with Crippen LogP contribution in [0.15, 0.2) is 0 Å². The maximum absolute atomic E-state index is 12.8. The summed E-state index contributed by atoms with van der Waals surface area (Å²) in [6, 6.07) is 0.551. The lowest BCUT2D eigenvalue weighted by Gasteiger charge is -2.38. The Labute approximate surface area is 208 Å². The van der Waals surface area contributed by atoms with Gasteiger partial charge >= 0.3 is 0 Å². The molecule has 4 atom stereocenters. The second-order valence-corrected chi connectivity index (χ2v) is 12.3. The van der Waals surface area contributed by atoms with Gasteiger partial charge in [0.05, 0.1) is 0 Å². The number of likely N-dealkylation sites (tertiary alicyclic amines) is 2. The summed E-state index contributed by atoms with van der Waals surface area (Å²) in [5.41, 5.74) is 0. The number of piperidine rings is 4. The number of nitrogens with zero attached hydrogens (tertiary/aromatic N) is 2. The van der Waals surface area contributed by atoms with Crippen LogP contribution in [0.25, 0.3) is 0 Å². The fraction of sp³-hybridized carbons (Fsp3) is 0.929. The van der Waals surface area contributed by atoms with Crippen molar-refractivity contribution < 1.29 is 9.59 Å². The second kappa shape index (κ2) is 12.7. The summed E-state index contributed by atoms with van der Waals surface area (Å²) in [6.45, 7) is 11.7. The van der Waals surface area contributed by atoms with E-state index >= 15 is 0 Å². The SMILES string of the molecule is CC(C)C[C@@H]1CCN(CC2CCNC(CC[C@H]3CCN(CC4CCNCC4)C(=O)C3)C2)C(=O)C1. The van der Waals surface area contributed by atoms with Gasteiger partial charge in [0.25, 0.3) is 0 Å². The lowest BCUT2D eigenvalue weighted by atomic mass is 9.84. The molecule has 6 heteroatoms. The summed E-state index contributed by atoms with van der Waals surface area (Å²) in [7, 11) is 0. The molecule has 4 heterocycles. The van der Waals surface area contributed by atoms with Gasteiger partial charge in [-0.25, -0.2) is 0 Å². The maximum Gasteiger partial charge on any atom is 0.222 e. The summed E-state index contributed by atoms with van der Waals surface area (Å²) in [6.07, 6.45) is 12.2. The molecule has 0 aliphatic carbocycles. The molecule has 4 fully saturated rings.